The third kappa shape index (κ3) is 4.19. The fourth-order valence-corrected chi connectivity index (χ4v) is 4.61. The lowest BCUT2D eigenvalue weighted by Crippen LogP contribution is -2.29. The van der Waals surface area contributed by atoms with Crippen molar-refractivity contribution in [3.63, 3.8) is 0 Å². The summed E-state index contributed by atoms with van der Waals surface area (Å²) in [5.74, 6) is -0.276. The quantitative estimate of drug-likeness (QED) is 0.822. The molecule has 0 aliphatic carbocycles. The summed E-state index contributed by atoms with van der Waals surface area (Å²) in [6, 6.07) is 1.98. The molecule has 0 spiro atoms. The number of sulfonamides is 1. The van der Waals surface area contributed by atoms with E-state index in [9.17, 15) is 13.2 Å². The van der Waals surface area contributed by atoms with E-state index >= 15 is 0 Å². The van der Waals surface area contributed by atoms with Gasteiger partial charge >= 0.3 is 0 Å². The van der Waals surface area contributed by atoms with Crippen molar-refractivity contribution in [2.24, 2.45) is 0 Å². The number of nitrogens with zero attached hydrogens (tertiary/aromatic N) is 1. The maximum Gasteiger partial charge on any atom is 0.241 e. The first kappa shape index (κ1) is 18.6. The van der Waals surface area contributed by atoms with Crippen molar-refractivity contribution in [3.05, 3.63) is 39.9 Å². The predicted molar refractivity (Wildman–Crippen MR) is 95.9 cm³/mol. The van der Waals surface area contributed by atoms with Crippen molar-refractivity contribution in [3.8, 4) is 0 Å². The van der Waals surface area contributed by atoms with Gasteiger partial charge in [-0.1, -0.05) is 6.07 Å². The van der Waals surface area contributed by atoms with Crippen LogP contribution in [0.15, 0.2) is 22.5 Å². The Morgan fingerprint density at radius 1 is 1.17 bits per heavy atom. The van der Waals surface area contributed by atoms with Crippen molar-refractivity contribution < 1.29 is 13.2 Å². The number of nitrogens with one attached hydrogen (secondary N) is 2. The first-order chi connectivity index (χ1) is 11.2. The molecule has 0 bridgehead atoms. The number of anilines is 1. The minimum Gasteiger partial charge on any atom is -0.302 e. The van der Waals surface area contributed by atoms with Crippen LogP contribution in [-0.2, 0) is 14.8 Å². The van der Waals surface area contributed by atoms with Crippen LogP contribution in [0.1, 0.15) is 28.7 Å². The summed E-state index contributed by atoms with van der Waals surface area (Å²) in [7, 11) is -3.67. The van der Waals surface area contributed by atoms with Gasteiger partial charge < -0.3 is 5.32 Å². The molecule has 130 valence electrons. The molecule has 24 heavy (non-hydrogen) atoms. The highest BCUT2D eigenvalue weighted by atomic mass is 32.2. The first-order valence-corrected chi connectivity index (χ1v) is 9.85. The fourth-order valence-electron chi connectivity index (χ4n) is 2.42. The summed E-state index contributed by atoms with van der Waals surface area (Å²) in [6.45, 7) is 7.41. The molecule has 6 nitrogen and oxygen atoms in total. The van der Waals surface area contributed by atoms with Crippen LogP contribution in [0.4, 0.5) is 5.13 Å². The second-order valence-electron chi connectivity index (χ2n) is 5.62. The zero-order valence-corrected chi connectivity index (χ0v) is 15.8. The molecule has 2 aromatic rings. The Bertz CT molecular complexity index is 818. The predicted octanol–water partition coefficient (Wildman–Crippen LogP) is 2.68. The zero-order valence-electron chi connectivity index (χ0n) is 14.1. The van der Waals surface area contributed by atoms with Crippen molar-refractivity contribution in [2.75, 3.05) is 11.9 Å². The average molecular weight is 367 g/mol. The van der Waals surface area contributed by atoms with Gasteiger partial charge in [0, 0.05) is 24.5 Å². The number of thiazole rings is 1. The SMILES string of the molecule is Cc1cc(C)c(C)c(S(=O)(=O)NCCC(=O)Nc2nccs2)c1C. The van der Waals surface area contributed by atoms with E-state index in [0.29, 0.717) is 10.0 Å². The van der Waals surface area contributed by atoms with Crippen molar-refractivity contribution >= 4 is 32.4 Å². The molecule has 0 atom stereocenters. The van der Waals surface area contributed by atoms with Gasteiger partial charge in [-0.3, -0.25) is 4.79 Å². The number of aryl methyl sites for hydroxylation is 2. The highest BCUT2D eigenvalue weighted by Crippen LogP contribution is 2.25. The molecule has 0 fully saturated rings. The zero-order chi connectivity index (χ0) is 17.9. The Kier molecular flexibility index (Phi) is 5.74. The summed E-state index contributed by atoms with van der Waals surface area (Å²) in [5, 5.41) is 4.88. The molecule has 1 aromatic heterocycles. The van der Waals surface area contributed by atoms with Crippen LogP contribution in [0.3, 0.4) is 0 Å². The van der Waals surface area contributed by atoms with Gasteiger partial charge in [0.05, 0.1) is 4.90 Å². The number of carbonyl (C=O) groups is 1. The molecular formula is C16H21N3O3S2. The Morgan fingerprint density at radius 3 is 2.33 bits per heavy atom. The molecule has 0 saturated heterocycles. The van der Waals surface area contributed by atoms with Crippen LogP contribution >= 0.6 is 11.3 Å². The first-order valence-electron chi connectivity index (χ1n) is 7.49. The Labute approximate surface area is 146 Å². The minimum absolute atomic E-state index is 0.0331. The van der Waals surface area contributed by atoms with Gasteiger partial charge in [0.2, 0.25) is 15.9 Å². The molecule has 1 amide bonds. The van der Waals surface area contributed by atoms with Crippen LogP contribution in [0, 0.1) is 27.7 Å². The lowest BCUT2D eigenvalue weighted by molar-refractivity contribution is -0.116. The summed E-state index contributed by atoms with van der Waals surface area (Å²) in [4.78, 5) is 16.1. The molecule has 8 heteroatoms. The van der Waals surface area contributed by atoms with Gasteiger partial charge in [0.25, 0.3) is 0 Å². The summed E-state index contributed by atoms with van der Waals surface area (Å²) >= 11 is 1.31. The number of aromatic nitrogens is 1. The maximum absolute atomic E-state index is 12.6. The van der Waals surface area contributed by atoms with Gasteiger partial charge in [-0.25, -0.2) is 18.1 Å². The normalized spacial score (nSPS) is 11.5. The second-order valence-corrected chi connectivity index (χ2v) is 8.22. The number of benzene rings is 1. The van der Waals surface area contributed by atoms with Crippen LogP contribution in [0.25, 0.3) is 0 Å². The third-order valence-corrected chi connectivity index (χ3v) is 6.31. The van der Waals surface area contributed by atoms with E-state index in [1.165, 1.54) is 11.3 Å². The average Bonchev–Trinajstić information content (AvgIpc) is 2.97. The highest BCUT2D eigenvalue weighted by molar-refractivity contribution is 7.89. The standard InChI is InChI=1S/C16H21N3O3S2/c1-10-9-11(2)13(4)15(12(10)3)24(21,22)18-6-5-14(20)19-16-17-7-8-23-16/h7-9,18H,5-6H2,1-4H3,(H,17,19,20). The number of hydrogen-bond donors (Lipinski definition) is 2. The second kappa shape index (κ2) is 7.42. The molecule has 2 rings (SSSR count). The molecular weight excluding hydrogens is 346 g/mol. The van der Waals surface area contributed by atoms with E-state index in [1.54, 1.807) is 25.4 Å². The molecule has 0 aliphatic heterocycles. The van der Waals surface area contributed by atoms with Crippen molar-refractivity contribution in [1.29, 1.82) is 0 Å². The Morgan fingerprint density at radius 2 is 1.79 bits per heavy atom. The molecule has 1 aromatic carbocycles. The monoisotopic (exact) mass is 367 g/mol. The van der Waals surface area contributed by atoms with Gasteiger partial charge in [0.15, 0.2) is 5.13 Å². The summed E-state index contributed by atoms with van der Waals surface area (Å²) < 4.78 is 27.8. The largest absolute Gasteiger partial charge is 0.302 e. The van der Waals surface area contributed by atoms with E-state index in [0.717, 1.165) is 22.3 Å². The van der Waals surface area contributed by atoms with Crippen LogP contribution in [0.2, 0.25) is 0 Å². The third-order valence-electron chi connectivity index (χ3n) is 3.89. The van der Waals surface area contributed by atoms with Gasteiger partial charge in [-0.2, -0.15) is 0 Å². The van der Waals surface area contributed by atoms with E-state index in [-0.39, 0.29) is 18.9 Å². The number of rotatable bonds is 6. The smallest absolute Gasteiger partial charge is 0.241 e. The number of carbonyl (C=O) groups excluding carboxylic acids is 1. The topological polar surface area (TPSA) is 88.2 Å². The number of amides is 1. The molecule has 0 radical (unpaired) electrons. The summed E-state index contributed by atoms with van der Waals surface area (Å²) in [6.07, 6.45) is 1.64. The summed E-state index contributed by atoms with van der Waals surface area (Å²) in [5.41, 5.74) is 3.33. The molecule has 0 saturated carbocycles. The number of hydrogen-bond acceptors (Lipinski definition) is 5. The molecule has 0 aliphatic rings. The maximum atomic E-state index is 12.6. The van der Waals surface area contributed by atoms with E-state index < -0.39 is 10.0 Å². The lowest BCUT2D eigenvalue weighted by atomic mass is 10.0. The Hall–Kier alpha value is -1.77. The Balaban J connectivity index is 2.06. The van der Waals surface area contributed by atoms with E-state index in [4.69, 9.17) is 0 Å². The van der Waals surface area contributed by atoms with Gasteiger partial charge in [0.1, 0.15) is 0 Å². The van der Waals surface area contributed by atoms with Crippen LogP contribution in [0.5, 0.6) is 0 Å². The molecule has 1 heterocycles. The van der Waals surface area contributed by atoms with Crippen LogP contribution < -0.4 is 10.0 Å². The van der Waals surface area contributed by atoms with E-state index in [1.807, 2.05) is 19.9 Å². The van der Waals surface area contributed by atoms with Crippen molar-refractivity contribution in [2.45, 2.75) is 39.0 Å². The highest BCUT2D eigenvalue weighted by Gasteiger charge is 2.22. The van der Waals surface area contributed by atoms with Crippen LogP contribution in [-0.4, -0.2) is 25.9 Å². The molecule has 0 unspecified atom stereocenters. The van der Waals surface area contributed by atoms with Gasteiger partial charge in [-0.15, -0.1) is 11.3 Å². The fraction of sp³-hybridized carbons (Fsp3) is 0.375. The van der Waals surface area contributed by atoms with E-state index in [2.05, 4.69) is 15.0 Å². The van der Waals surface area contributed by atoms with Gasteiger partial charge in [-0.05, 0) is 49.9 Å². The van der Waals surface area contributed by atoms with Crippen molar-refractivity contribution in [1.82, 2.24) is 9.71 Å². The lowest BCUT2D eigenvalue weighted by Gasteiger charge is -2.16. The minimum atomic E-state index is -3.67. The molecule has 2 N–H and O–H groups in total.